The first-order chi connectivity index (χ1) is 11.0. The topological polar surface area (TPSA) is 79.7 Å². The molecule has 0 radical (unpaired) electrons. The number of ether oxygens (including phenoxy) is 1. The lowest BCUT2D eigenvalue weighted by atomic mass is 9.98. The molecule has 1 atom stereocenters. The van der Waals surface area contributed by atoms with Crippen LogP contribution in [-0.4, -0.2) is 46.6 Å². The highest BCUT2D eigenvalue weighted by Gasteiger charge is 2.29. The minimum atomic E-state index is -0.859. The van der Waals surface area contributed by atoms with Gasteiger partial charge in [-0.1, -0.05) is 11.6 Å². The number of rotatable bonds is 5. The number of hydrogen-bond acceptors (Lipinski definition) is 4. The van der Waals surface area contributed by atoms with Gasteiger partial charge in [-0.3, -0.25) is 9.59 Å². The summed E-state index contributed by atoms with van der Waals surface area (Å²) in [6, 6.07) is 1.55. The van der Waals surface area contributed by atoms with E-state index < -0.39 is 11.9 Å². The summed E-state index contributed by atoms with van der Waals surface area (Å²) in [6.45, 7) is 1.39. The van der Waals surface area contributed by atoms with E-state index in [-0.39, 0.29) is 12.5 Å². The van der Waals surface area contributed by atoms with E-state index in [0.29, 0.717) is 48.4 Å². The first-order valence-corrected chi connectivity index (χ1v) is 8.23. The van der Waals surface area contributed by atoms with Crippen LogP contribution in [0.25, 0.3) is 0 Å². The van der Waals surface area contributed by atoms with Crippen molar-refractivity contribution in [2.75, 3.05) is 19.7 Å². The number of carbonyl (C=O) groups is 2. The minimum absolute atomic E-state index is 0.228. The van der Waals surface area contributed by atoms with Crippen LogP contribution in [0.3, 0.4) is 0 Å². The Bertz CT molecular complexity index is 618. The molecule has 1 saturated heterocycles. The van der Waals surface area contributed by atoms with Gasteiger partial charge in [0.2, 0.25) is 5.88 Å². The number of piperidine rings is 1. The Hall–Kier alpha value is -1.82. The van der Waals surface area contributed by atoms with Crippen LogP contribution in [0.5, 0.6) is 5.88 Å². The van der Waals surface area contributed by atoms with Crippen molar-refractivity contribution in [3.05, 3.63) is 22.8 Å². The first kappa shape index (κ1) is 16.1. The number of aliphatic carboxylic acids is 1. The van der Waals surface area contributed by atoms with Gasteiger partial charge in [-0.25, -0.2) is 4.98 Å². The van der Waals surface area contributed by atoms with Gasteiger partial charge in [0.15, 0.2) is 0 Å². The molecule has 0 aromatic carbocycles. The zero-order valence-corrected chi connectivity index (χ0v) is 13.5. The molecule has 7 heteroatoms. The van der Waals surface area contributed by atoms with Gasteiger partial charge < -0.3 is 14.7 Å². The number of carbonyl (C=O) groups excluding carboxylic acids is 1. The van der Waals surface area contributed by atoms with Crippen LogP contribution in [0.4, 0.5) is 0 Å². The number of likely N-dealkylation sites (tertiary alicyclic amines) is 1. The summed E-state index contributed by atoms with van der Waals surface area (Å²) in [4.78, 5) is 29.3. The summed E-state index contributed by atoms with van der Waals surface area (Å²) in [6.07, 6.45) is 5.08. The van der Waals surface area contributed by atoms with Crippen LogP contribution >= 0.6 is 11.6 Å². The fourth-order valence-corrected chi connectivity index (χ4v) is 2.90. The molecule has 1 saturated carbocycles. The van der Waals surface area contributed by atoms with Crippen molar-refractivity contribution in [1.82, 2.24) is 9.88 Å². The van der Waals surface area contributed by atoms with E-state index in [4.69, 9.17) is 21.4 Å². The molecule has 1 aromatic rings. The third-order valence-corrected chi connectivity index (χ3v) is 4.54. The summed E-state index contributed by atoms with van der Waals surface area (Å²) in [7, 11) is 0. The van der Waals surface area contributed by atoms with Gasteiger partial charge in [0.05, 0.1) is 18.1 Å². The molecule has 2 heterocycles. The molecule has 2 fully saturated rings. The summed E-state index contributed by atoms with van der Waals surface area (Å²) in [5.41, 5.74) is 0.361. The lowest BCUT2D eigenvalue weighted by molar-refractivity contribution is -0.143. The van der Waals surface area contributed by atoms with Gasteiger partial charge in [-0.05, 0) is 37.7 Å². The van der Waals surface area contributed by atoms with Crippen LogP contribution in [0, 0.1) is 11.8 Å². The van der Waals surface area contributed by atoms with Crippen molar-refractivity contribution < 1.29 is 19.4 Å². The fourth-order valence-electron chi connectivity index (χ4n) is 2.68. The van der Waals surface area contributed by atoms with Gasteiger partial charge in [0, 0.05) is 19.3 Å². The Morgan fingerprint density at radius 3 is 2.83 bits per heavy atom. The maximum atomic E-state index is 12.5. The molecule has 1 amide bonds. The van der Waals surface area contributed by atoms with Crippen molar-refractivity contribution in [3.8, 4) is 5.88 Å². The Balaban J connectivity index is 1.66. The predicted molar refractivity (Wildman–Crippen MR) is 83.7 cm³/mol. The number of aromatic nitrogens is 1. The van der Waals surface area contributed by atoms with Gasteiger partial charge in [0.1, 0.15) is 5.02 Å². The summed E-state index contributed by atoms with van der Waals surface area (Å²) < 4.78 is 5.54. The van der Waals surface area contributed by atoms with Crippen molar-refractivity contribution >= 4 is 23.5 Å². The molecule has 1 aromatic heterocycles. The van der Waals surface area contributed by atoms with E-state index in [1.807, 2.05) is 0 Å². The van der Waals surface area contributed by atoms with E-state index in [1.165, 1.54) is 19.0 Å². The van der Waals surface area contributed by atoms with Gasteiger partial charge in [0.25, 0.3) is 5.91 Å². The lowest BCUT2D eigenvalue weighted by Gasteiger charge is -2.30. The molecule has 3 rings (SSSR count). The molecule has 0 unspecified atom stereocenters. The largest absolute Gasteiger partial charge is 0.481 e. The average Bonchev–Trinajstić information content (AvgIpc) is 3.37. The van der Waals surface area contributed by atoms with Crippen molar-refractivity contribution in [3.63, 3.8) is 0 Å². The SMILES string of the molecule is O=C(O)[C@H]1CCCN(C(=O)c2cnc(OCC3CC3)c(Cl)c2)C1. The van der Waals surface area contributed by atoms with Crippen LogP contribution in [0.1, 0.15) is 36.0 Å². The molecule has 2 aliphatic rings. The maximum Gasteiger partial charge on any atom is 0.308 e. The molecule has 0 bridgehead atoms. The molecule has 124 valence electrons. The Kier molecular flexibility index (Phi) is 4.71. The third-order valence-electron chi connectivity index (χ3n) is 4.26. The molecular weight excluding hydrogens is 320 g/mol. The third kappa shape index (κ3) is 3.93. The summed E-state index contributed by atoms with van der Waals surface area (Å²) >= 11 is 6.14. The van der Waals surface area contributed by atoms with Crippen LogP contribution in [0.2, 0.25) is 5.02 Å². The molecule has 1 aliphatic heterocycles. The van der Waals surface area contributed by atoms with Crippen molar-refractivity contribution in [2.24, 2.45) is 11.8 Å². The second-order valence-electron chi connectivity index (χ2n) is 6.19. The molecule has 1 aliphatic carbocycles. The normalized spacial score (nSPS) is 21.1. The molecular formula is C16H19ClN2O4. The highest BCUT2D eigenvalue weighted by molar-refractivity contribution is 6.32. The number of nitrogens with zero attached hydrogens (tertiary/aromatic N) is 2. The van der Waals surface area contributed by atoms with Gasteiger partial charge >= 0.3 is 5.97 Å². The zero-order valence-electron chi connectivity index (χ0n) is 12.7. The highest BCUT2D eigenvalue weighted by Crippen LogP contribution is 2.31. The Morgan fingerprint density at radius 2 is 2.17 bits per heavy atom. The van der Waals surface area contributed by atoms with E-state index in [1.54, 1.807) is 11.0 Å². The second kappa shape index (κ2) is 6.74. The standard InChI is InChI=1S/C16H19ClN2O4/c17-13-6-12(7-18-14(13)23-9-10-3-4-10)15(20)19-5-1-2-11(8-19)16(21)22/h6-7,10-11H,1-5,8-9H2,(H,21,22)/t11-/m0/s1. The lowest BCUT2D eigenvalue weighted by Crippen LogP contribution is -2.42. The monoisotopic (exact) mass is 338 g/mol. The summed E-state index contributed by atoms with van der Waals surface area (Å²) in [5.74, 6) is -0.661. The predicted octanol–water partition coefficient (Wildman–Crippen LogP) is 2.46. The average molecular weight is 339 g/mol. The molecule has 1 N–H and O–H groups in total. The Labute approximate surface area is 139 Å². The number of hydrogen-bond donors (Lipinski definition) is 1. The van der Waals surface area contributed by atoms with Crippen LogP contribution in [-0.2, 0) is 4.79 Å². The highest BCUT2D eigenvalue weighted by atomic mass is 35.5. The van der Waals surface area contributed by atoms with Crippen molar-refractivity contribution in [2.45, 2.75) is 25.7 Å². The van der Waals surface area contributed by atoms with Crippen LogP contribution < -0.4 is 4.74 Å². The Morgan fingerprint density at radius 1 is 1.39 bits per heavy atom. The van der Waals surface area contributed by atoms with Gasteiger partial charge in [-0.15, -0.1) is 0 Å². The molecule has 0 spiro atoms. The smallest absolute Gasteiger partial charge is 0.308 e. The molecule has 6 nitrogen and oxygen atoms in total. The quantitative estimate of drug-likeness (QED) is 0.892. The zero-order chi connectivity index (χ0) is 16.4. The number of carboxylic acid groups (broad SMARTS) is 1. The van der Waals surface area contributed by atoms with Crippen molar-refractivity contribution in [1.29, 1.82) is 0 Å². The van der Waals surface area contributed by atoms with E-state index >= 15 is 0 Å². The number of carboxylic acids is 1. The van der Waals surface area contributed by atoms with Crippen LogP contribution in [0.15, 0.2) is 12.3 Å². The first-order valence-electron chi connectivity index (χ1n) is 7.85. The molecule has 23 heavy (non-hydrogen) atoms. The summed E-state index contributed by atoms with van der Waals surface area (Å²) in [5, 5.41) is 9.42. The number of halogens is 1. The van der Waals surface area contributed by atoms with E-state index in [0.717, 1.165) is 0 Å². The minimum Gasteiger partial charge on any atom is -0.481 e. The van der Waals surface area contributed by atoms with Gasteiger partial charge in [-0.2, -0.15) is 0 Å². The number of pyridine rings is 1. The number of amides is 1. The maximum absolute atomic E-state index is 12.5. The second-order valence-corrected chi connectivity index (χ2v) is 6.60. The van der Waals surface area contributed by atoms with E-state index in [9.17, 15) is 9.59 Å². The van der Waals surface area contributed by atoms with E-state index in [2.05, 4.69) is 4.98 Å². The fraction of sp³-hybridized carbons (Fsp3) is 0.562.